The Morgan fingerprint density at radius 1 is 0.812 bits per heavy atom. The van der Waals surface area contributed by atoms with Gasteiger partial charge in [0.05, 0.1) is 16.3 Å². The van der Waals surface area contributed by atoms with E-state index in [0.717, 1.165) is 18.5 Å². The number of amides is 1. The van der Waals surface area contributed by atoms with E-state index in [1.807, 2.05) is 30.3 Å². The predicted molar refractivity (Wildman–Crippen MR) is 120 cm³/mol. The molecule has 1 saturated heterocycles. The van der Waals surface area contributed by atoms with Gasteiger partial charge in [0.2, 0.25) is 26.0 Å². The molecule has 2 aromatic rings. The van der Waals surface area contributed by atoms with Crippen LogP contribution in [0.3, 0.4) is 0 Å². The minimum atomic E-state index is -3.94. The van der Waals surface area contributed by atoms with Crippen LogP contribution in [0, 0.1) is 0 Å². The monoisotopic (exact) mass is 478 g/mol. The van der Waals surface area contributed by atoms with E-state index in [1.54, 1.807) is 4.90 Å². The number of carbonyl (C=O) groups is 1. The number of anilines is 1. The Morgan fingerprint density at radius 3 is 1.94 bits per heavy atom. The third-order valence-electron chi connectivity index (χ3n) is 5.51. The highest BCUT2D eigenvalue weighted by Gasteiger charge is 2.28. The zero-order chi connectivity index (χ0) is 22.8. The fourth-order valence-electron chi connectivity index (χ4n) is 3.49. The van der Waals surface area contributed by atoms with Crippen molar-refractivity contribution in [1.82, 2.24) is 14.3 Å². The van der Waals surface area contributed by atoms with Crippen molar-refractivity contribution in [1.29, 1.82) is 0 Å². The van der Waals surface area contributed by atoms with Crippen LogP contribution >= 0.6 is 0 Å². The molecule has 1 heterocycles. The number of nitrogens with zero attached hydrogens (tertiary/aromatic N) is 2. The summed E-state index contributed by atoms with van der Waals surface area (Å²) < 4.78 is 54.4. The second-order valence-electron chi connectivity index (χ2n) is 7.89. The van der Waals surface area contributed by atoms with Crippen LogP contribution in [0.1, 0.15) is 12.8 Å². The van der Waals surface area contributed by atoms with Crippen LogP contribution in [-0.2, 0) is 24.8 Å². The van der Waals surface area contributed by atoms with Gasteiger partial charge in [0.1, 0.15) is 0 Å². The molecule has 0 spiro atoms. The second-order valence-corrected chi connectivity index (χ2v) is 11.4. The maximum absolute atomic E-state index is 12.6. The van der Waals surface area contributed by atoms with Crippen molar-refractivity contribution in [3.63, 3.8) is 0 Å². The molecule has 2 N–H and O–H groups in total. The maximum Gasteiger partial charge on any atom is 0.241 e. The number of piperazine rings is 1. The number of sulfonamides is 2. The molecule has 4 rings (SSSR count). The van der Waals surface area contributed by atoms with Gasteiger partial charge < -0.3 is 9.80 Å². The molecule has 0 atom stereocenters. The van der Waals surface area contributed by atoms with Crippen LogP contribution in [0.2, 0.25) is 0 Å². The fraction of sp³-hybridized carbons (Fsp3) is 0.381. The molecule has 11 heteroatoms. The highest BCUT2D eigenvalue weighted by molar-refractivity contribution is 7.90. The topological polar surface area (TPSA) is 116 Å². The Bertz CT molecular complexity index is 1160. The normalized spacial score (nSPS) is 17.4. The number of nitrogens with one attached hydrogen (secondary N) is 2. The molecule has 0 aromatic heterocycles. The predicted octanol–water partition coefficient (Wildman–Crippen LogP) is 0.754. The second kappa shape index (κ2) is 9.18. The molecule has 172 valence electrons. The van der Waals surface area contributed by atoms with Crippen molar-refractivity contribution in [2.24, 2.45) is 0 Å². The van der Waals surface area contributed by atoms with Crippen molar-refractivity contribution in [2.75, 3.05) is 37.6 Å². The molecule has 9 nitrogen and oxygen atoms in total. The smallest absolute Gasteiger partial charge is 0.241 e. The van der Waals surface area contributed by atoms with Gasteiger partial charge in [-0.3, -0.25) is 4.79 Å². The molecule has 1 amide bonds. The first-order valence-corrected chi connectivity index (χ1v) is 13.4. The molecular weight excluding hydrogens is 452 g/mol. The Labute approximate surface area is 188 Å². The summed E-state index contributed by atoms with van der Waals surface area (Å²) in [5, 5.41) is 0. The quantitative estimate of drug-likeness (QED) is 0.579. The van der Waals surface area contributed by atoms with Gasteiger partial charge >= 0.3 is 0 Å². The fourth-order valence-corrected chi connectivity index (χ4v) is 5.77. The number of rotatable bonds is 8. The Kier molecular flexibility index (Phi) is 6.52. The molecular formula is C21H26N4O5S2. The average Bonchev–Trinajstić information content (AvgIpc) is 3.62. The van der Waals surface area contributed by atoms with E-state index in [4.69, 9.17) is 0 Å². The zero-order valence-corrected chi connectivity index (χ0v) is 19.1. The zero-order valence-electron chi connectivity index (χ0n) is 17.5. The Balaban J connectivity index is 1.30. The number of hydrogen-bond donors (Lipinski definition) is 2. The molecule has 1 saturated carbocycles. The van der Waals surface area contributed by atoms with E-state index >= 15 is 0 Å². The van der Waals surface area contributed by atoms with Gasteiger partial charge in [0.25, 0.3) is 0 Å². The first-order chi connectivity index (χ1) is 15.2. The van der Waals surface area contributed by atoms with E-state index in [2.05, 4.69) is 14.3 Å². The van der Waals surface area contributed by atoms with Gasteiger partial charge in [-0.2, -0.15) is 0 Å². The highest BCUT2D eigenvalue weighted by Crippen LogP contribution is 2.23. The van der Waals surface area contributed by atoms with Crippen molar-refractivity contribution in [3.8, 4) is 0 Å². The van der Waals surface area contributed by atoms with Crippen LogP contribution in [0.4, 0.5) is 5.69 Å². The summed E-state index contributed by atoms with van der Waals surface area (Å²) in [5.74, 6) is -0.297. The number of benzene rings is 2. The van der Waals surface area contributed by atoms with E-state index < -0.39 is 20.0 Å². The van der Waals surface area contributed by atoms with Crippen LogP contribution in [0.25, 0.3) is 0 Å². The van der Waals surface area contributed by atoms with Crippen molar-refractivity contribution >= 4 is 31.6 Å². The lowest BCUT2D eigenvalue weighted by atomic mass is 10.2. The first-order valence-electron chi connectivity index (χ1n) is 10.4. The lowest BCUT2D eigenvalue weighted by Crippen LogP contribution is -2.51. The molecule has 1 aliphatic carbocycles. The SMILES string of the molecule is O=C(CNS(=O)(=O)c1ccc(S(=O)(=O)NC2CC2)cc1)N1CCN(c2ccccc2)CC1. The maximum atomic E-state index is 12.6. The number of para-hydroxylation sites is 1. The van der Waals surface area contributed by atoms with E-state index in [1.165, 1.54) is 24.3 Å². The summed E-state index contributed by atoms with van der Waals surface area (Å²) in [5.41, 5.74) is 1.10. The summed E-state index contributed by atoms with van der Waals surface area (Å²) in [7, 11) is -7.60. The largest absolute Gasteiger partial charge is 0.368 e. The lowest BCUT2D eigenvalue weighted by molar-refractivity contribution is -0.130. The molecule has 2 aromatic carbocycles. The number of carbonyl (C=O) groups excluding carboxylic acids is 1. The number of hydrogen-bond acceptors (Lipinski definition) is 6. The molecule has 0 bridgehead atoms. The van der Waals surface area contributed by atoms with Crippen LogP contribution in [0.5, 0.6) is 0 Å². The molecule has 32 heavy (non-hydrogen) atoms. The summed E-state index contributed by atoms with van der Waals surface area (Å²) in [6, 6.07) is 14.8. The van der Waals surface area contributed by atoms with E-state index in [0.29, 0.717) is 26.2 Å². The summed E-state index contributed by atoms with van der Waals surface area (Å²) >= 11 is 0. The summed E-state index contributed by atoms with van der Waals surface area (Å²) in [6.07, 6.45) is 1.62. The van der Waals surface area contributed by atoms with E-state index in [-0.39, 0.29) is 28.3 Å². The van der Waals surface area contributed by atoms with Crippen LogP contribution < -0.4 is 14.3 Å². The molecule has 0 radical (unpaired) electrons. The van der Waals surface area contributed by atoms with Crippen LogP contribution in [0.15, 0.2) is 64.4 Å². The Hall–Kier alpha value is -2.47. The summed E-state index contributed by atoms with van der Waals surface area (Å²) in [6.45, 7) is 2.02. The molecule has 2 fully saturated rings. The van der Waals surface area contributed by atoms with Gasteiger partial charge in [-0.1, -0.05) is 18.2 Å². The van der Waals surface area contributed by atoms with Gasteiger partial charge in [-0.15, -0.1) is 0 Å². The average molecular weight is 479 g/mol. The molecule has 1 aliphatic heterocycles. The Morgan fingerprint density at radius 2 is 1.38 bits per heavy atom. The van der Waals surface area contributed by atoms with Crippen molar-refractivity contribution < 1.29 is 21.6 Å². The van der Waals surface area contributed by atoms with Gasteiger partial charge in [-0.05, 0) is 49.2 Å². The third kappa shape index (κ3) is 5.47. The first kappa shape index (κ1) is 22.7. The summed E-state index contributed by atoms with van der Waals surface area (Å²) in [4.78, 5) is 16.2. The van der Waals surface area contributed by atoms with Crippen molar-refractivity contribution in [3.05, 3.63) is 54.6 Å². The lowest BCUT2D eigenvalue weighted by Gasteiger charge is -2.36. The van der Waals surface area contributed by atoms with Gasteiger partial charge in [-0.25, -0.2) is 26.3 Å². The minimum absolute atomic E-state index is 0.00992. The van der Waals surface area contributed by atoms with Crippen LogP contribution in [-0.4, -0.2) is 66.4 Å². The van der Waals surface area contributed by atoms with Crippen molar-refractivity contribution in [2.45, 2.75) is 28.7 Å². The van der Waals surface area contributed by atoms with E-state index in [9.17, 15) is 21.6 Å². The minimum Gasteiger partial charge on any atom is -0.368 e. The van der Waals surface area contributed by atoms with Gasteiger partial charge in [0, 0.05) is 37.9 Å². The third-order valence-corrected chi connectivity index (χ3v) is 8.46. The molecule has 0 unspecified atom stereocenters. The standard InChI is InChI=1S/C21H26N4O5S2/c26-21(25-14-12-24(13-15-25)18-4-2-1-3-5-18)16-22-31(27,28)19-8-10-20(11-9-19)32(29,30)23-17-6-7-17/h1-5,8-11,17,22-23H,6-7,12-16H2. The molecule has 2 aliphatic rings. The van der Waals surface area contributed by atoms with Gasteiger partial charge in [0.15, 0.2) is 0 Å². The highest BCUT2D eigenvalue weighted by atomic mass is 32.2.